The van der Waals surface area contributed by atoms with E-state index in [0.29, 0.717) is 19.4 Å². The van der Waals surface area contributed by atoms with Gasteiger partial charge in [-0.2, -0.15) is 0 Å². The van der Waals surface area contributed by atoms with E-state index in [-0.39, 0.29) is 41.7 Å². The van der Waals surface area contributed by atoms with Crippen LogP contribution in [0.2, 0.25) is 0 Å². The second-order valence-corrected chi connectivity index (χ2v) is 10.9. The summed E-state index contributed by atoms with van der Waals surface area (Å²) in [4.78, 5) is 42.0. The predicted octanol–water partition coefficient (Wildman–Crippen LogP) is 1.74. The zero-order valence-corrected chi connectivity index (χ0v) is 21.3. The number of aliphatic hydroxyl groups is 1. The van der Waals surface area contributed by atoms with Crippen molar-refractivity contribution in [3.8, 4) is 0 Å². The Morgan fingerprint density at radius 1 is 1.29 bits per heavy atom. The second kappa shape index (κ2) is 10.3. The molecular formula is C25H34BrN3O5. The Morgan fingerprint density at radius 3 is 2.71 bits per heavy atom. The van der Waals surface area contributed by atoms with E-state index in [1.165, 1.54) is 4.90 Å². The van der Waals surface area contributed by atoms with E-state index >= 15 is 0 Å². The van der Waals surface area contributed by atoms with Crippen LogP contribution in [0.5, 0.6) is 0 Å². The maximum atomic E-state index is 13.7. The number of ether oxygens (including phenoxy) is 1. The number of hydrogen-bond donors (Lipinski definition) is 3. The lowest BCUT2D eigenvalue weighted by Gasteiger charge is -2.34. The molecule has 7 atom stereocenters. The standard InChI is InChI=1S/C25H34BrN3O5/c1-3-8-15(2)28-23(32)21-25-13-17(26)20(34-25)18(19(25)24(33)29(21)11-7-12-30)22(31)27-14-16-9-5-4-6-10-16/h4-6,9-10,15,17-21,30H,3,7-8,11-14H2,1-2H3,(H,27,31)(H,28,32)/t15?,17?,18-,19+,20-,21?,25?/m1/s1. The molecule has 2 bridgehead atoms. The monoisotopic (exact) mass is 535 g/mol. The van der Waals surface area contributed by atoms with Crippen LogP contribution in [-0.2, 0) is 25.7 Å². The van der Waals surface area contributed by atoms with Crippen molar-refractivity contribution in [2.45, 2.75) is 74.7 Å². The molecule has 3 saturated heterocycles. The fourth-order valence-electron chi connectivity index (χ4n) is 5.94. The molecule has 9 heteroatoms. The SMILES string of the molecule is CCCC(C)NC(=O)C1N(CCCO)C(=O)[C@@H]2[C@@H](C(=O)NCc3ccccc3)[C@@H]3OC12CC3Br. The lowest BCUT2D eigenvalue weighted by Crippen LogP contribution is -2.57. The maximum absolute atomic E-state index is 13.7. The molecule has 4 rings (SSSR count). The number of benzene rings is 1. The summed E-state index contributed by atoms with van der Waals surface area (Å²) in [6.45, 7) is 4.52. The first-order chi connectivity index (χ1) is 16.3. The topological polar surface area (TPSA) is 108 Å². The zero-order valence-electron chi connectivity index (χ0n) is 19.7. The van der Waals surface area contributed by atoms with Gasteiger partial charge in [0.2, 0.25) is 17.7 Å². The van der Waals surface area contributed by atoms with Crippen LogP contribution in [0, 0.1) is 11.8 Å². The van der Waals surface area contributed by atoms with E-state index in [0.717, 1.165) is 18.4 Å². The summed E-state index contributed by atoms with van der Waals surface area (Å²) in [5.74, 6) is -2.13. The van der Waals surface area contributed by atoms with Gasteiger partial charge in [-0.25, -0.2) is 0 Å². The van der Waals surface area contributed by atoms with Crippen molar-refractivity contribution in [2.24, 2.45) is 11.8 Å². The highest BCUT2D eigenvalue weighted by atomic mass is 79.9. The van der Waals surface area contributed by atoms with Gasteiger partial charge in [0.15, 0.2) is 0 Å². The number of amides is 3. The Labute approximate surface area is 208 Å². The fraction of sp³-hybridized carbons (Fsp3) is 0.640. The van der Waals surface area contributed by atoms with Gasteiger partial charge in [-0.1, -0.05) is 59.6 Å². The number of alkyl halides is 1. The smallest absolute Gasteiger partial charge is 0.246 e. The van der Waals surface area contributed by atoms with Crippen molar-refractivity contribution in [1.29, 1.82) is 0 Å². The molecule has 3 N–H and O–H groups in total. The molecule has 3 aliphatic heterocycles. The average molecular weight is 536 g/mol. The first kappa shape index (κ1) is 25.1. The van der Waals surface area contributed by atoms with E-state index in [9.17, 15) is 19.5 Å². The summed E-state index contributed by atoms with van der Waals surface area (Å²) in [6, 6.07) is 8.74. The molecule has 3 heterocycles. The number of fused-ring (bicyclic) bond motifs is 1. The van der Waals surface area contributed by atoms with Crippen molar-refractivity contribution >= 4 is 33.7 Å². The molecule has 3 fully saturated rings. The Hall–Kier alpha value is -1.97. The van der Waals surface area contributed by atoms with Crippen molar-refractivity contribution in [2.75, 3.05) is 13.2 Å². The van der Waals surface area contributed by atoms with Gasteiger partial charge in [0.25, 0.3) is 0 Å². The highest BCUT2D eigenvalue weighted by molar-refractivity contribution is 9.09. The Morgan fingerprint density at radius 2 is 2.03 bits per heavy atom. The number of halogens is 1. The van der Waals surface area contributed by atoms with Gasteiger partial charge in [0.05, 0.1) is 17.9 Å². The summed E-state index contributed by atoms with van der Waals surface area (Å²) >= 11 is 3.67. The number of hydrogen-bond acceptors (Lipinski definition) is 5. The number of likely N-dealkylation sites (tertiary alicyclic amines) is 1. The fourth-order valence-corrected chi connectivity index (χ4v) is 6.88. The van der Waals surface area contributed by atoms with Crippen LogP contribution < -0.4 is 10.6 Å². The van der Waals surface area contributed by atoms with Crippen LogP contribution >= 0.6 is 15.9 Å². The van der Waals surface area contributed by atoms with E-state index in [1.54, 1.807) is 0 Å². The third-order valence-corrected chi connectivity index (χ3v) is 8.16. The largest absolute Gasteiger partial charge is 0.396 e. The molecule has 1 spiro atoms. The minimum atomic E-state index is -1.06. The molecule has 0 aliphatic carbocycles. The van der Waals surface area contributed by atoms with Crippen molar-refractivity contribution < 1.29 is 24.2 Å². The molecule has 0 radical (unpaired) electrons. The molecule has 0 saturated carbocycles. The van der Waals surface area contributed by atoms with Crippen LogP contribution in [0.3, 0.4) is 0 Å². The summed E-state index contributed by atoms with van der Waals surface area (Å²) in [7, 11) is 0. The average Bonchev–Trinajstić information content (AvgIpc) is 3.40. The van der Waals surface area contributed by atoms with Crippen molar-refractivity contribution in [1.82, 2.24) is 15.5 Å². The predicted molar refractivity (Wildman–Crippen MR) is 130 cm³/mol. The van der Waals surface area contributed by atoms with Crippen LogP contribution in [0.4, 0.5) is 0 Å². The summed E-state index contributed by atoms with van der Waals surface area (Å²) in [5.41, 5.74) is -0.0922. The van der Waals surface area contributed by atoms with E-state index in [2.05, 4.69) is 33.5 Å². The molecule has 1 aromatic rings. The highest BCUT2D eigenvalue weighted by Gasteiger charge is 2.76. The van der Waals surface area contributed by atoms with Crippen LogP contribution in [0.1, 0.15) is 45.1 Å². The van der Waals surface area contributed by atoms with Gasteiger partial charge < -0.3 is 25.4 Å². The van der Waals surface area contributed by atoms with Crippen LogP contribution in [-0.4, -0.2) is 69.5 Å². The summed E-state index contributed by atoms with van der Waals surface area (Å²) in [5, 5.41) is 15.4. The first-order valence-corrected chi connectivity index (χ1v) is 13.1. The van der Waals surface area contributed by atoms with E-state index < -0.39 is 29.6 Å². The number of carbonyl (C=O) groups excluding carboxylic acids is 3. The number of rotatable bonds is 10. The third kappa shape index (κ3) is 4.38. The van der Waals surface area contributed by atoms with E-state index in [4.69, 9.17) is 4.74 Å². The van der Waals surface area contributed by atoms with Gasteiger partial charge >= 0.3 is 0 Å². The molecule has 3 amide bonds. The van der Waals surface area contributed by atoms with Crippen molar-refractivity contribution in [3.05, 3.63) is 35.9 Å². The number of nitrogens with zero attached hydrogens (tertiary/aromatic N) is 1. The zero-order chi connectivity index (χ0) is 24.5. The second-order valence-electron chi connectivity index (χ2n) is 9.67. The number of aliphatic hydroxyl groups excluding tert-OH is 1. The first-order valence-electron chi connectivity index (χ1n) is 12.2. The van der Waals surface area contributed by atoms with Gasteiger partial charge in [-0.05, 0) is 31.7 Å². The maximum Gasteiger partial charge on any atom is 0.246 e. The van der Waals surface area contributed by atoms with Crippen molar-refractivity contribution in [3.63, 3.8) is 0 Å². The van der Waals surface area contributed by atoms with Gasteiger partial charge in [-0.15, -0.1) is 0 Å². The molecular weight excluding hydrogens is 502 g/mol. The van der Waals surface area contributed by atoms with Crippen LogP contribution in [0.15, 0.2) is 30.3 Å². The summed E-state index contributed by atoms with van der Waals surface area (Å²) < 4.78 is 6.44. The summed E-state index contributed by atoms with van der Waals surface area (Å²) in [6.07, 6.45) is 2.11. The Bertz CT molecular complexity index is 915. The molecule has 8 nitrogen and oxygen atoms in total. The Kier molecular flexibility index (Phi) is 7.64. The van der Waals surface area contributed by atoms with Crippen LogP contribution in [0.25, 0.3) is 0 Å². The minimum absolute atomic E-state index is 0.0360. The number of carbonyl (C=O) groups is 3. The highest BCUT2D eigenvalue weighted by Crippen LogP contribution is 2.60. The van der Waals surface area contributed by atoms with Gasteiger partial charge in [0, 0.05) is 30.6 Å². The molecule has 1 aromatic carbocycles. The lowest BCUT2D eigenvalue weighted by atomic mass is 9.70. The quantitative estimate of drug-likeness (QED) is 0.395. The molecule has 0 aromatic heterocycles. The Balaban J connectivity index is 1.61. The molecule has 34 heavy (non-hydrogen) atoms. The van der Waals surface area contributed by atoms with E-state index in [1.807, 2.05) is 37.3 Å². The molecule has 186 valence electrons. The number of nitrogens with one attached hydrogen (secondary N) is 2. The van der Waals surface area contributed by atoms with Gasteiger partial charge in [-0.3, -0.25) is 14.4 Å². The lowest BCUT2D eigenvalue weighted by molar-refractivity contribution is -0.142. The normalized spacial score (nSPS) is 32.5. The molecule has 3 aliphatic rings. The third-order valence-electron chi connectivity index (χ3n) is 7.32. The van der Waals surface area contributed by atoms with Gasteiger partial charge in [0.1, 0.15) is 11.6 Å². The minimum Gasteiger partial charge on any atom is -0.396 e. The molecule has 4 unspecified atom stereocenters.